The Morgan fingerprint density at radius 2 is 2.28 bits per heavy atom. The summed E-state index contributed by atoms with van der Waals surface area (Å²) in [5.41, 5.74) is -0.528. The van der Waals surface area contributed by atoms with E-state index in [1.807, 2.05) is 0 Å². The molecule has 7 heteroatoms. The quantitative estimate of drug-likeness (QED) is 0.635. The summed E-state index contributed by atoms with van der Waals surface area (Å²) >= 11 is 0. The minimum atomic E-state index is -0.949. The first kappa shape index (κ1) is 13.0. The van der Waals surface area contributed by atoms with E-state index in [1.54, 1.807) is 6.92 Å². The molecule has 0 unspecified atom stereocenters. The van der Waals surface area contributed by atoms with Crippen molar-refractivity contribution < 1.29 is 14.9 Å². The van der Waals surface area contributed by atoms with Gasteiger partial charge in [0.25, 0.3) is 5.56 Å². The van der Waals surface area contributed by atoms with E-state index in [0.29, 0.717) is 18.4 Å². The fourth-order valence-corrected chi connectivity index (χ4v) is 2.05. The first-order valence-electron chi connectivity index (χ1n) is 5.79. The number of nitrogens with zero attached hydrogens (tertiary/aromatic N) is 1. The number of ether oxygens (including phenoxy) is 1. The van der Waals surface area contributed by atoms with Crippen LogP contribution in [0.1, 0.15) is 24.6 Å². The zero-order chi connectivity index (χ0) is 13.3. The maximum absolute atomic E-state index is 11.6. The minimum Gasteiger partial charge on any atom is -0.394 e. The molecule has 2 rings (SSSR count). The van der Waals surface area contributed by atoms with Gasteiger partial charge in [-0.25, -0.2) is 4.79 Å². The molecule has 0 aromatic carbocycles. The second kappa shape index (κ2) is 5.05. The molecule has 0 aliphatic carbocycles. The maximum atomic E-state index is 11.6. The predicted molar refractivity (Wildman–Crippen MR) is 62.3 cm³/mol. The Morgan fingerprint density at radius 1 is 1.56 bits per heavy atom. The van der Waals surface area contributed by atoms with Gasteiger partial charge in [0.1, 0.15) is 12.3 Å². The Hall–Kier alpha value is -1.44. The zero-order valence-corrected chi connectivity index (χ0v) is 10.00. The number of hydrogen-bond acceptors (Lipinski definition) is 5. The molecule has 1 aromatic rings. The normalized spacial score (nSPS) is 25.3. The van der Waals surface area contributed by atoms with Crippen LogP contribution in [0.5, 0.6) is 0 Å². The van der Waals surface area contributed by atoms with Crippen molar-refractivity contribution in [3.63, 3.8) is 0 Å². The van der Waals surface area contributed by atoms with E-state index in [4.69, 9.17) is 9.84 Å². The van der Waals surface area contributed by atoms with Gasteiger partial charge in [-0.1, -0.05) is 0 Å². The van der Waals surface area contributed by atoms with Gasteiger partial charge in [0.2, 0.25) is 0 Å². The summed E-state index contributed by atoms with van der Waals surface area (Å²) in [4.78, 5) is 25.1. The molecule has 1 aliphatic heterocycles. The molecule has 0 radical (unpaired) electrons. The molecule has 1 aromatic heterocycles. The van der Waals surface area contributed by atoms with Crippen LogP contribution in [0.2, 0.25) is 0 Å². The SMILES string of the molecule is Cc1cn([C@H]2CC[C@@H]([C@H](O)CO)O2)c(=O)[nH]c1=O. The summed E-state index contributed by atoms with van der Waals surface area (Å²) in [6.45, 7) is 1.22. The smallest absolute Gasteiger partial charge is 0.330 e. The van der Waals surface area contributed by atoms with Crippen molar-refractivity contribution in [1.82, 2.24) is 9.55 Å². The van der Waals surface area contributed by atoms with E-state index < -0.39 is 29.7 Å². The summed E-state index contributed by atoms with van der Waals surface area (Å²) in [5, 5.41) is 18.3. The predicted octanol–water partition coefficient (Wildman–Crippen LogP) is -1.12. The average molecular weight is 256 g/mol. The van der Waals surface area contributed by atoms with E-state index >= 15 is 0 Å². The lowest BCUT2D eigenvalue weighted by atomic mass is 10.1. The van der Waals surface area contributed by atoms with Crippen LogP contribution >= 0.6 is 0 Å². The van der Waals surface area contributed by atoms with Gasteiger partial charge >= 0.3 is 5.69 Å². The number of nitrogens with one attached hydrogen (secondary N) is 1. The van der Waals surface area contributed by atoms with Crippen LogP contribution in [0.3, 0.4) is 0 Å². The van der Waals surface area contributed by atoms with E-state index in [0.717, 1.165) is 0 Å². The Labute approximate surface area is 103 Å². The molecular weight excluding hydrogens is 240 g/mol. The van der Waals surface area contributed by atoms with Crippen molar-refractivity contribution >= 4 is 0 Å². The zero-order valence-electron chi connectivity index (χ0n) is 10.00. The van der Waals surface area contributed by atoms with Crippen LogP contribution in [0.4, 0.5) is 0 Å². The van der Waals surface area contributed by atoms with Gasteiger partial charge in [-0.05, 0) is 19.8 Å². The third kappa shape index (κ3) is 2.38. The van der Waals surface area contributed by atoms with E-state index in [-0.39, 0.29) is 6.61 Å². The van der Waals surface area contributed by atoms with Gasteiger partial charge in [-0.15, -0.1) is 0 Å². The number of aromatic nitrogens is 2. The summed E-state index contributed by atoms with van der Waals surface area (Å²) in [5.74, 6) is 0. The van der Waals surface area contributed by atoms with Gasteiger partial charge in [0, 0.05) is 11.8 Å². The van der Waals surface area contributed by atoms with Crippen LogP contribution in [0.25, 0.3) is 0 Å². The highest BCUT2D eigenvalue weighted by Crippen LogP contribution is 2.28. The molecule has 0 bridgehead atoms. The highest BCUT2D eigenvalue weighted by atomic mass is 16.5. The number of aliphatic hydroxyl groups excluding tert-OH is 2. The molecule has 3 N–H and O–H groups in total. The molecule has 0 amide bonds. The number of aromatic amines is 1. The van der Waals surface area contributed by atoms with E-state index in [1.165, 1.54) is 10.8 Å². The van der Waals surface area contributed by atoms with Crippen LogP contribution < -0.4 is 11.2 Å². The number of H-pyrrole nitrogens is 1. The Balaban J connectivity index is 2.22. The summed E-state index contributed by atoms with van der Waals surface area (Å²) < 4.78 is 6.81. The van der Waals surface area contributed by atoms with Crippen LogP contribution in [0.15, 0.2) is 15.8 Å². The Bertz CT molecular complexity index is 535. The second-order valence-electron chi connectivity index (χ2n) is 4.44. The molecule has 1 fully saturated rings. The lowest BCUT2D eigenvalue weighted by molar-refractivity contribution is -0.0752. The lowest BCUT2D eigenvalue weighted by Gasteiger charge is -2.18. The van der Waals surface area contributed by atoms with Crippen LogP contribution in [-0.2, 0) is 4.74 Å². The number of aliphatic hydroxyl groups is 2. The van der Waals surface area contributed by atoms with Crippen LogP contribution in [-0.4, -0.2) is 38.6 Å². The van der Waals surface area contributed by atoms with Crippen molar-refractivity contribution in [3.8, 4) is 0 Å². The molecule has 7 nitrogen and oxygen atoms in total. The maximum Gasteiger partial charge on any atom is 0.330 e. The van der Waals surface area contributed by atoms with Gasteiger partial charge < -0.3 is 14.9 Å². The monoisotopic (exact) mass is 256 g/mol. The van der Waals surface area contributed by atoms with Crippen molar-refractivity contribution in [2.24, 2.45) is 0 Å². The third-order valence-electron chi connectivity index (χ3n) is 3.10. The molecular formula is C11H16N2O5. The third-order valence-corrected chi connectivity index (χ3v) is 3.10. The molecule has 0 saturated carbocycles. The molecule has 100 valence electrons. The summed E-state index contributed by atoms with van der Waals surface area (Å²) in [7, 11) is 0. The molecule has 1 aliphatic rings. The molecule has 0 spiro atoms. The standard InChI is InChI=1S/C11H16N2O5/c1-6-4-13(11(17)12-10(6)16)9-3-2-8(18-9)7(15)5-14/h4,7-9,14-15H,2-3,5H2,1H3,(H,12,16,17)/t7-,8+,9-/m1/s1. The summed E-state index contributed by atoms with van der Waals surface area (Å²) in [6, 6.07) is 0. The Morgan fingerprint density at radius 3 is 2.94 bits per heavy atom. The topological polar surface area (TPSA) is 105 Å². The molecule has 2 heterocycles. The van der Waals surface area contributed by atoms with Crippen molar-refractivity contribution in [2.45, 2.75) is 38.2 Å². The van der Waals surface area contributed by atoms with Gasteiger partial charge in [0.15, 0.2) is 0 Å². The van der Waals surface area contributed by atoms with E-state index in [2.05, 4.69) is 4.98 Å². The number of aryl methyl sites for hydroxylation is 1. The highest BCUT2D eigenvalue weighted by molar-refractivity contribution is 5.01. The highest BCUT2D eigenvalue weighted by Gasteiger charge is 2.31. The fourth-order valence-electron chi connectivity index (χ4n) is 2.05. The summed E-state index contributed by atoms with van der Waals surface area (Å²) in [6.07, 6.45) is 0.594. The molecule has 3 atom stereocenters. The van der Waals surface area contributed by atoms with Crippen molar-refractivity contribution in [2.75, 3.05) is 6.61 Å². The van der Waals surface area contributed by atoms with E-state index in [9.17, 15) is 14.7 Å². The lowest BCUT2D eigenvalue weighted by Crippen LogP contribution is -2.34. The van der Waals surface area contributed by atoms with Gasteiger partial charge in [-0.2, -0.15) is 0 Å². The van der Waals surface area contributed by atoms with Gasteiger partial charge in [0.05, 0.1) is 12.7 Å². The Kier molecular flexibility index (Phi) is 3.65. The fraction of sp³-hybridized carbons (Fsp3) is 0.636. The van der Waals surface area contributed by atoms with Crippen molar-refractivity contribution in [1.29, 1.82) is 0 Å². The molecule has 1 saturated heterocycles. The van der Waals surface area contributed by atoms with Gasteiger partial charge in [-0.3, -0.25) is 14.3 Å². The van der Waals surface area contributed by atoms with Crippen LogP contribution in [0, 0.1) is 6.92 Å². The van der Waals surface area contributed by atoms with Crippen molar-refractivity contribution in [3.05, 3.63) is 32.6 Å². The largest absolute Gasteiger partial charge is 0.394 e. The first-order valence-corrected chi connectivity index (χ1v) is 5.79. The average Bonchev–Trinajstić information content (AvgIpc) is 2.82. The molecule has 18 heavy (non-hydrogen) atoms. The number of hydrogen-bond donors (Lipinski definition) is 3. The minimum absolute atomic E-state index is 0.378. The number of rotatable bonds is 3. The second-order valence-corrected chi connectivity index (χ2v) is 4.44. The first-order chi connectivity index (χ1) is 8.52.